The van der Waals surface area contributed by atoms with Gasteiger partial charge in [-0.1, -0.05) is 0 Å². The summed E-state index contributed by atoms with van der Waals surface area (Å²) in [6.07, 6.45) is 1.78. The molecule has 124 valence electrons. The smallest absolute Gasteiger partial charge is 0.0904 e. The van der Waals surface area contributed by atoms with Crippen LogP contribution < -0.4 is 11.5 Å². The molecule has 0 radical (unpaired) electrons. The SMILES string of the molecule is NCCCCN=C(COCCO)C(COCCO)=NCN. The monoisotopic (exact) mass is 304 g/mol. The van der Waals surface area contributed by atoms with Crippen LogP contribution in [-0.2, 0) is 9.47 Å². The fourth-order valence-electron chi connectivity index (χ4n) is 1.49. The summed E-state index contributed by atoms with van der Waals surface area (Å²) in [6, 6.07) is 0. The lowest BCUT2D eigenvalue weighted by molar-refractivity contribution is 0.115. The van der Waals surface area contributed by atoms with Crippen LogP contribution in [0.3, 0.4) is 0 Å². The molecule has 0 rings (SSSR count). The first kappa shape index (κ1) is 20.1. The minimum Gasteiger partial charge on any atom is -0.394 e. The van der Waals surface area contributed by atoms with Gasteiger partial charge in [0, 0.05) is 6.54 Å². The van der Waals surface area contributed by atoms with Crippen LogP contribution >= 0.6 is 0 Å². The summed E-state index contributed by atoms with van der Waals surface area (Å²) in [5.41, 5.74) is 12.2. The summed E-state index contributed by atoms with van der Waals surface area (Å²) in [5, 5.41) is 17.5. The highest BCUT2D eigenvalue weighted by atomic mass is 16.5. The maximum atomic E-state index is 8.76. The molecule has 0 aromatic heterocycles. The lowest BCUT2D eigenvalue weighted by Gasteiger charge is -2.11. The number of rotatable bonds is 14. The minimum absolute atomic E-state index is 0.0508. The van der Waals surface area contributed by atoms with Crippen molar-refractivity contribution in [2.24, 2.45) is 21.5 Å². The van der Waals surface area contributed by atoms with Gasteiger partial charge in [0.15, 0.2) is 0 Å². The highest BCUT2D eigenvalue weighted by Crippen LogP contribution is 1.95. The second-order valence-corrected chi connectivity index (χ2v) is 4.16. The normalized spacial score (nSPS) is 13.0. The van der Waals surface area contributed by atoms with Crippen LogP contribution in [0.1, 0.15) is 12.8 Å². The van der Waals surface area contributed by atoms with Crippen molar-refractivity contribution >= 4 is 11.4 Å². The molecule has 8 heteroatoms. The molecule has 0 fully saturated rings. The second-order valence-electron chi connectivity index (χ2n) is 4.16. The Bertz CT molecular complexity index is 298. The molecule has 0 aromatic rings. The fourth-order valence-corrected chi connectivity index (χ4v) is 1.49. The molecule has 0 bridgehead atoms. The molecule has 0 amide bonds. The maximum Gasteiger partial charge on any atom is 0.0904 e. The van der Waals surface area contributed by atoms with Crippen molar-refractivity contribution in [3.8, 4) is 0 Å². The topological polar surface area (TPSA) is 136 Å². The van der Waals surface area contributed by atoms with E-state index in [1.807, 2.05) is 0 Å². The fraction of sp³-hybridized carbons (Fsp3) is 0.846. The van der Waals surface area contributed by atoms with E-state index in [-0.39, 0.29) is 46.3 Å². The summed E-state index contributed by atoms with van der Waals surface area (Å²) in [4.78, 5) is 8.62. The summed E-state index contributed by atoms with van der Waals surface area (Å²) < 4.78 is 10.6. The number of aliphatic hydroxyl groups is 2. The van der Waals surface area contributed by atoms with Gasteiger partial charge < -0.3 is 31.2 Å². The van der Waals surface area contributed by atoms with Crippen molar-refractivity contribution in [3.63, 3.8) is 0 Å². The largest absolute Gasteiger partial charge is 0.394 e. The van der Waals surface area contributed by atoms with Gasteiger partial charge in [-0.25, -0.2) is 0 Å². The van der Waals surface area contributed by atoms with Crippen LogP contribution in [0.25, 0.3) is 0 Å². The van der Waals surface area contributed by atoms with Crippen LogP contribution in [-0.4, -0.2) is 81.0 Å². The Labute approximate surface area is 125 Å². The first-order chi connectivity index (χ1) is 10.3. The van der Waals surface area contributed by atoms with Crippen molar-refractivity contribution in [3.05, 3.63) is 0 Å². The van der Waals surface area contributed by atoms with E-state index in [4.69, 9.17) is 31.2 Å². The molecule has 0 aromatic carbocycles. The predicted octanol–water partition coefficient (Wildman–Crippen LogP) is -1.46. The van der Waals surface area contributed by atoms with Crippen LogP contribution in [0.2, 0.25) is 0 Å². The molecular weight excluding hydrogens is 276 g/mol. The molecule has 0 spiro atoms. The molecule has 0 saturated carbocycles. The number of hydrogen-bond donors (Lipinski definition) is 4. The van der Waals surface area contributed by atoms with Gasteiger partial charge in [0.1, 0.15) is 0 Å². The number of nitrogens with zero attached hydrogens (tertiary/aromatic N) is 2. The Morgan fingerprint density at radius 2 is 1.43 bits per heavy atom. The Hall–Kier alpha value is -0.900. The molecule has 0 saturated heterocycles. The van der Waals surface area contributed by atoms with Crippen molar-refractivity contribution in [2.45, 2.75) is 12.8 Å². The quantitative estimate of drug-likeness (QED) is 0.229. The van der Waals surface area contributed by atoms with Gasteiger partial charge in [0.25, 0.3) is 0 Å². The van der Waals surface area contributed by atoms with E-state index in [2.05, 4.69) is 9.98 Å². The predicted molar refractivity (Wildman–Crippen MR) is 82.9 cm³/mol. The van der Waals surface area contributed by atoms with Gasteiger partial charge in [-0.15, -0.1) is 0 Å². The number of hydrogen-bond acceptors (Lipinski definition) is 8. The van der Waals surface area contributed by atoms with Gasteiger partial charge in [-0.2, -0.15) is 0 Å². The molecule has 8 nitrogen and oxygen atoms in total. The Balaban J connectivity index is 4.62. The maximum absolute atomic E-state index is 8.76. The molecular formula is C13H28N4O4. The van der Waals surface area contributed by atoms with Crippen LogP contribution in [0, 0.1) is 0 Å². The molecule has 6 N–H and O–H groups in total. The van der Waals surface area contributed by atoms with E-state index < -0.39 is 0 Å². The number of ether oxygens (including phenoxy) is 2. The van der Waals surface area contributed by atoms with Crippen LogP contribution in [0.5, 0.6) is 0 Å². The van der Waals surface area contributed by atoms with Gasteiger partial charge in [-0.05, 0) is 19.4 Å². The van der Waals surface area contributed by atoms with E-state index in [0.29, 0.717) is 24.5 Å². The average molecular weight is 304 g/mol. The zero-order chi connectivity index (χ0) is 15.8. The third kappa shape index (κ3) is 11.4. The summed E-state index contributed by atoms with van der Waals surface area (Å²) >= 11 is 0. The Kier molecular flexibility index (Phi) is 14.8. The molecule has 0 heterocycles. The number of unbranched alkanes of at least 4 members (excludes halogenated alkanes) is 1. The highest BCUT2D eigenvalue weighted by Gasteiger charge is 2.10. The van der Waals surface area contributed by atoms with E-state index in [1.165, 1.54) is 0 Å². The third-order valence-corrected chi connectivity index (χ3v) is 2.48. The minimum atomic E-state index is -0.0557. The Morgan fingerprint density at radius 3 is 1.90 bits per heavy atom. The molecule has 0 aliphatic carbocycles. The molecule has 0 atom stereocenters. The third-order valence-electron chi connectivity index (χ3n) is 2.48. The lowest BCUT2D eigenvalue weighted by Crippen LogP contribution is -2.27. The zero-order valence-corrected chi connectivity index (χ0v) is 12.5. The highest BCUT2D eigenvalue weighted by molar-refractivity contribution is 6.43. The van der Waals surface area contributed by atoms with Crippen LogP contribution in [0.4, 0.5) is 0 Å². The Morgan fingerprint density at radius 1 is 0.857 bits per heavy atom. The van der Waals surface area contributed by atoms with Gasteiger partial charge in [0.2, 0.25) is 0 Å². The number of aliphatic imine (C=N–C) groups is 2. The van der Waals surface area contributed by atoms with Gasteiger partial charge >= 0.3 is 0 Å². The van der Waals surface area contributed by atoms with Crippen molar-refractivity contribution in [2.75, 3.05) is 59.4 Å². The van der Waals surface area contributed by atoms with Gasteiger partial charge in [0.05, 0.1) is 57.7 Å². The van der Waals surface area contributed by atoms with Crippen molar-refractivity contribution < 1.29 is 19.7 Å². The molecule has 0 aliphatic rings. The van der Waals surface area contributed by atoms with Crippen molar-refractivity contribution in [1.29, 1.82) is 0 Å². The molecule has 0 unspecified atom stereocenters. The summed E-state index contributed by atoms with van der Waals surface area (Å²) in [7, 11) is 0. The van der Waals surface area contributed by atoms with Crippen LogP contribution in [0.15, 0.2) is 9.98 Å². The van der Waals surface area contributed by atoms with Crippen molar-refractivity contribution in [1.82, 2.24) is 0 Å². The molecule has 0 aliphatic heterocycles. The first-order valence-corrected chi connectivity index (χ1v) is 7.14. The average Bonchev–Trinajstić information content (AvgIpc) is 2.49. The zero-order valence-electron chi connectivity index (χ0n) is 12.5. The number of aliphatic hydroxyl groups excluding tert-OH is 2. The summed E-state index contributed by atoms with van der Waals surface area (Å²) in [5.74, 6) is 0. The van der Waals surface area contributed by atoms with Gasteiger partial charge in [-0.3, -0.25) is 9.98 Å². The first-order valence-electron chi connectivity index (χ1n) is 7.14. The number of nitrogens with two attached hydrogens (primary N) is 2. The lowest BCUT2D eigenvalue weighted by atomic mass is 10.2. The van der Waals surface area contributed by atoms with E-state index in [0.717, 1.165) is 12.8 Å². The second kappa shape index (κ2) is 15.5. The van der Waals surface area contributed by atoms with E-state index in [9.17, 15) is 0 Å². The summed E-state index contributed by atoms with van der Waals surface area (Å²) in [6.45, 7) is 2.19. The molecule has 21 heavy (non-hydrogen) atoms. The van der Waals surface area contributed by atoms with E-state index >= 15 is 0 Å². The van der Waals surface area contributed by atoms with E-state index in [1.54, 1.807) is 0 Å². The standard InChI is InChI=1S/C13H28N4O4/c14-3-1-2-4-16-12(9-20-7-5-18)13(17-11-15)10-21-8-6-19/h18-19H,1-11,14-15H2.